The molecule has 5 nitrogen and oxygen atoms in total. The Morgan fingerprint density at radius 3 is 2.25 bits per heavy atom. The second-order valence-corrected chi connectivity index (χ2v) is 9.25. The van der Waals surface area contributed by atoms with Gasteiger partial charge in [0.2, 0.25) is 0 Å². The van der Waals surface area contributed by atoms with E-state index < -0.39 is 11.7 Å². The van der Waals surface area contributed by atoms with Crippen molar-refractivity contribution in [3.05, 3.63) is 83.7 Å². The van der Waals surface area contributed by atoms with Crippen LogP contribution in [0.2, 0.25) is 0 Å². The molecule has 36 heavy (non-hydrogen) atoms. The number of nitriles is 1. The Kier molecular flexibility index (Phi) is 6.52. The molecule has 0 radical (unpaired) electrons. The number of hydrogen-bond donors (Lipinski definition) is 0. The van der Waals surface area contributed by atoms with E-state index in [4.69, 9.17) is 4.98 Å². The van der Waals surface area contributed by atoms with Gasteiger partial charge in [0.1, 0.15) is 5.65 Å². The molecule has 5 rings (SSSR count). The van der Waals surface area contributed by atoms with Crippen LogP contribution in [0.5, 0.6) is 0 Å². The van der Waals surface area contributed by atoms with Gasteiger partial charge in [0, 0.05) is 31.4 Å². The monoisotopic (exact) mass is 489 g/mol. The fourth-order valence-electron chi connectivity index (χ4n) is 4.67. The highest BCUT2D eigenvalue weighted by Gasteiger charge is 2.30. The van der Waals surface area contributed by atoms with Crippen LogP contribution in [0.4, 0.5) is 13.2 Å². The molecule has 0 spiro atoms. The number of rotatable bonds is 4. The lowest BCUT2D eigenvalue weighted by atomic mass is 10.1. The normalized spacial score (nSPS) is 15.6. The van der Waals surface area contributed by atoms with Gasteiger partial charge in [-0.05, 0) is 74.1 Å². The summed E-state index contributed by atoms with van der Waals surface area (Å²) >= 11 is 0. The lowest BCUT2D eigenvalue weighted by Gasteiger charge is -2.21. The summed E-state index contributed by atoms with van der Waals surface area (Å²) in [6.07, 6.45) is -1.33. The number of alkyl halides is 3. The molecule has 2 aromatic heterocycles. The quantitative estimate of drug-likeness (QED) is 0.369. The van der Waals surface area contributed by atoms with Crippen LogP contribution in [0, 0.1) is 11.3 Å². The Morgan fingerprint density at radius 1 is 0.861 bits per heavy atom. The van der Waals surface area contributed by atoms with Crippen molar-refractivity contribution in [1.29, 1.82) is 5.26 Å². The first-order valence-electron chi connectivity index (χ1n) is 11.9. The standard InChI is InChI=1S/C28H26F3N5/c1-34-13-2-14-35(16-15-34)19-25-27(22-5-3-20(17-32)4-6-22)33-26-12-9-23(18-36(25)26)21-7-10-24(11-8-21)28(29,30)31/h3-12,18H,2,13-16,19H2,1H3. The number of aromatic nitrogens is 2. The van der Waals surface area contributed by atoms with Gasteiger partial charge >= 0.3 is 6.18 Å². The first-order valence-corrected chi connectivity index (χ1v) is 11.9. The molecule has 0 bridgehead atoms. The van der Waals surface area contributed by atoms with Crippen molar-refractivity contribution in [3.8, 4) is 28.5 Å². The van der Waals surface area contributed by atoms with Crippen LogP contribution >= 0.6 is 0 Å². The SMILES string of the molecule is CN1CCCN(Cc2c(-c3ccc(C#N)cc3)nc3ccc(-c4ccc(C(F)(F)F)cc4)cn23)CC1. The maximum absolute atomic E-state index is 13.0. The van der Waals surface area contributed by atoms with Gasteiger partial charge in [-0.15, -0.1) is 0 Å². The average molecular weight is 490 g/mol. The summed E-state index contributed by atoms with van der Waals surface area (Å²) in [5.41, 5.74) is 5.02. The van der Waals surface area contributed by atoms with Crippen molar-refractivity contribution in [1.82, 2.24) is 19.2 Å². The van der Waals surface area contributed by atoms with E-state index in [1.165, 1.54) is 12.1 Å². The summed E-state index contributed by atoms with van der Waals surface area (Å²) in [4.78, 5) is 9.67. The van der Waals surface area contributed by atoms with Crippen molar-refractivity contribution < 1.29 is 13.2 Å². The van der Waals surface area contributed by atoms with E-state index in [0.29, 0.717) is 17.7 Å². The summed E-state index contributed by atoms with van der Waals surface area (Å²) in [5.74, 6) is 0. The zero-order valence-corrected chi connectivity index (χ0v) is 20.0. The number of likely N-dealkylation sites (N-methyl/N-ethyl adjacent to an activating group) is 1. The second-order valence-electron chi connectivity index (χ2n) is 9.25. The Bertz CT molecular complexity index is 1400. The number of fused-ring (bicyclic) bond motifs is 1. The first kappa shape index (κ1) is 24.0. The molecule has 184 valence electrons. The predicted molar refractivity (Wildman–Crippen MR) is 133 cm³/mol. The Morgan fingerprint density at radius 2 is 1.56 bits per heavy atom. The molecule has 0 saturated carbocycles. The van der Waals surface area contributed by atoms with Crippen molar-refractivity contribution in [2.45, 2.75) is 19.1 Å². The molecule has 0 aliphatic carbocycles. The molecule has 0 N–H and O–H groups in total. The van der Waals surface area contributed by atoms with Crippen molar-refractivity contribution in [2.24, 2.45) is 0 Å². The zero-order valence-electron chi connectivity index (χ0n) is 20.0. The van der Waals surface area contributed by atoms with Gasteiger partial charge in [0.25, 0.3) is 0 Å². The summed E-state index contributed by atoms with van der Waals surface area (Å²) in [7, 11) is 2.14. The summed E-state index contributed by atoms with van der Waals surface area (Å²) in [5, 5.41) is 9.19. The maximum atomic E-state index is 13.0. The van der Waals surface area contributed by atoms with Gasteiger partial charge in [-0.1, -0.05) is 24.3 Å². The van der Waals surface area contributed by atoms with E-state index in [1.54, 1.807) is 12.1 Å². The number of imidazole rings is 1. The van der Waals surface area contributed by atoms with Crippen LogP contribution in [0.15, 0.2) is 66.9 Å². The van der Waals surface area contributed by atoms with Crippen LogP contribution in [0.3, 0.4) is 0 Å². The van der Waals surface area contributed by atoms with E-state index in [9.17, 15) is 18.4 Å². The number of benzene rings is 2. The van der Waals surface area contributed by atoms with Gasteiger partial charge in [0.05, 0.1) is 28.6 Å². The van der Waals surface area contributed by atoms with Crippen molar-refractivity contribution in [3.63, 3.8) is 0 Å². The molecular formula is C28H26F3N5. The number of nitrogens with zero attached hydrogens (tertiary/aromatic N) is 5. The van der Waals surface area contributed by atoms with Crippen LogP contribution < -0.4 is 0 Å². The smallest absolute Gasteiger partial charge is 0.305 e. The Balaban J connectivity index is 1.58. The van der Waals surface area contributed by atoms with Gasteiger partial charge in [0.15, 0.2) is 0 Å². The number of hydrogen-bond acceptors (Lipinski definition) is 4. The highest BCUT2D eigenvalue weighted by Crippen LogP contribution is 2.32. The zero-order chi connectivity index (χ0) is 25.3. The average Bonchev–Trinajstić information content (AvgIpc) is 3.10. The highest BCUT2D eigenvalue weighted by molar-refractivity contribution is 5.70. The fourth-order valence-corrected chi connectivity index (χ4v) is 4.67. The number of pyridine rings is 1. The minimum atomic E-state index is -4.36. The minimum absolute atomic E-state index is 0.587. The molecular weight excluding hydrogens is 463 g/mol. The predicted octanol–water partition coefficient (Wildman–Crippen LogP) is 5.70. The summed E-state index contributed by atoms with van der Waals surface area (Å²) in [6.45, 7) is 4.66. The Hall–Kier alpha value is -3.67. The molecule has 4 aromatic rings. The summed E-state index contributed by atoms with van der Waals surface area (Å²) in [6, 6.07) is 18.6. The van der Waals surface area contributed by atoms with Crippen LogP contribution in [-0.2, 0) is 12.7 Å². The van der Waals surface area contributed by atoms with E-state index in [0.717, 1.165) is 72.9 Å². The van der Waals surface area contributed by atoms with Gasteiger partial charge in [-0.3, -0.25) is 4.90 Å². The molecule has 1 aliphatic heterocycles. The van der Waals surface area contributed by atoms with Gasteiger partial charge in [-0.25, -0.2) is 4.98 Å². The van der Waals surface area contributed by atoms with E-state index in [1.807, 2.05) is 30.5 Å². The second kappa shape index (κ2) is 9.76. The molecule has 1 fully saturated rings. The topological polar surface area (TPSA) is 47.6 Å². The molecule has 2 aromatic carbocycles. The maximum Gasteiger partial charge on any atom is 0.416 e. The third-order valence-electron chi connectivity index (χ3n) is 6.74. The molecule has 8 heteroatoms. The van der Waals surface area contributed by atoms with Crippen LogP contribution in [-0.4, -0.2) is 52.4 Å². The molecule has 0 unspecified atom stereocenters. The largest absolute Gasteiger partial charge is 0.416 e. The lowest BCUT2D eigenvalue weighted by molar-refractivity contribution is -0.137. The molecule has 1 saturated heterocycles. The molecule has 0 atom stereocenters. The lowest BCUT2D eigenvalue weighted by Crippen LogP contribution is -2.29. The minimum Gasteiger partial charge on any atom is -0.305 e. The third kappa shape index (κ3) is 4.99. The van der Waals surface area contributed by atoms with Crippen LogP contribution in [0.1, 0.15) is 23.2 Å². The van der Waals surface area contributed by atoms with Crippen molar-refractivity contribution >= 4 is 5.65 Å². The molecule has 3 heterocycles. The Labute approximate surface area is 208 Å². The molecule has 0 amide bonds. The van der Waals surface area contributed by atoms with Crippen molar-refractivity contribution in [2.75, 3.05) is 33.2 Å². The number of halogens is 3. The van der Waals surface area contributed by atoms with E-state index in [-0.39, 0.29) is 0 Å². The third-order valence-corrected chi connectivity index (χ3v) is 6.74. The van der Waals surface area contributed by atoms with Gasteiger partial charge < -0.3 is 9.30 Å². The van der Waals surface area contributed by atoms with E-state index in [2.05, 4.69) is 27.3 Å². The van der Waals surface area contributed by atoms with Crippen LogP contribution in [0.25, 0.3) is 28.0 Å². The van der Waals surface area contributed by atoms with E-state index >= 15 is 0 Å². The van der Waals surface area contributed by atoms with Gasteiger partial charge in [-0.2, -0.15) is 18.4 Å². The molecule has 1 aliphatic rings. The fraction of sp³-hybridized carbons (Fsp3) is 0.286. The highest BCUT2D eigenvalue weighted by atomic mass is 19.4. The summed E-state index contributed by atoms with van der Waals surface area (Å²) < 4.78 is 41.1. The first-order chi connectivity index (χ1) is 17.3.